The first kappa shape index (κ1) is 7.17. The van der Waals surface area contributed by atoms with Crippen LogP contribution in [0, 0.1) is 5.92 Å². The molecule has 2 heteroatoms. The highest BCUT2D eigenvalue weighted by Crippen LogP contribution is 2.42. The highest BCUT2D eigenvalue weighted by molar-refractivity contribution is 5.24. The van der Waals surface area contributed by atoms with Crippen LogP contribution in [0.5, 0.6) is 0 Å². The zero-order chi connectivity index (χ0) is 7.68. The largest absolute Gasteiger partial charge is 0.395 e. The molecule has 0 saturated heterocycles. The molecule has 1 unspecified atom stereocenters. The van der Waals surface area contributed by atoms with Gasteiger partial charge in [-0.2, -0.15) is 0 Å². The van der Waals surface area contributed by atoms with Crippen molar-refractivity contribution in [3.8, 4) is 0 Å². The molecule has 1 fully saturated rings. The Bertz CT molecular complexity index is 186. The molecule has 0 aromatic rings. The van der Waals surface area contributed by atoms with E-state index in [1.54, 1.807) is 5.57 Å². The molecule has 62 valence electrons. The minimum atomic E-state index is 0.251. The van der Waals surface area contributed by atoms with Gasteiger partial charge in [-0.15, -0.1) is 0 Å². The first-order valence-corrected chi connectivity index (χ1v) is 4.46. The highest BCUT2D eigenvalue weighted by atomic mass is 16.3. The van der Waals surface area contributed by atoms with Gasteiger partial charge in [-0.05, 0) is 31.6 Å². The van der Waals surface area contributed by atoms with Gasteiger partial charge in [0.05, 0.1) is 6.61 Å². The fourth-order valence-electron chi connectivity index (χ4n) is 2.22. The molecule has 1 saturated carbocycles. The SMILES string of the molecule is OCCNC1=C2CCC(C2)C1. The fourth-order valence-corrected chi connectivity index (χ4v) is 2.22. The van der Waals surface area contributed by atoms with Gasteiger partial charge in [0.15, 0.2) is 0 Å². The zero-order valence-electron chi connectivity index (χ0n) is 6.77. The monoisotopic (exact) mass is 153 g/mol. The summed E-state index contributed by atoms with van der Waals surface area (Å²) in [4.78, 5) is 0. The lowest BCUT2D eigenvalue weighted by atomic mass is 10.0. The lowest BCUT2D eigenvalue weighted by Gasteiger charge is -2.13. The van der Waals surface area contributed by atoms with E-state index in [-0.39, 0.29) is 6.61 Å². The number of rotatable bonds is 3. The molecule has 0 aromatic heterocycles. The molecule has 0 aromatic carbocycles. The van der Waals surface area contributed by atoms with Crippen LogP contribution in [0.25, 0.3) is 0 Å². The number of nitrogens with one attached hydrogen (secondary N) is 1. The zero-order valence-corrected chi connectivity index (χ0v) is 6.77. The number of fused-ring (bicyclic) bond motifs is 2. The van der Waals surface area contributed by atoms with Crippen molar-refractivity contribution in [1.82, 2.24) is 5.32 Å². The molecule has 0 spiro atoms. The van der Waals surface area contributed by atoms with Crippen molar-refractivity contribution < 1.29 is 5.11 Å². The van der Waals surface area contributed by atoms with E-state index < -0.39 is 0 Å². The molecule has 2 aliphatic rings. The minimum absolute atomic E-state index is 0.251. The average Bonchev–Trinajstić information content (AvgIpc) is 2.60. The number of aliphatic hydroxyl groups excluding tert-OH is 1. The van der Waals surface area contributed by atoms with Crippen molar-refractivity contribution in [2.45, 2.75) is 25.7 Å². The second kappa shape index (κ2) is 2.86. The first-order chi connectivity index (χ1) is 5.40. The van der Waals surface area contributed by atoms with Crippen LogP contribution in [0.1, 0.15) is 25.7 Å². The van der Waals surface area contributed by atoms with Crippen molar-refractivity contribution >= 4 is 0 Å². The van der Waals surface area contributed by atoms with E-state index in [0.717, 1.165) is 12.5 Å². The van der Waals surface area contributed by atoms with Gasteiger partial charge in [-0.3, -0.25) is 0 Å². The summed E-state index contributed by atoms with van der Waals surface area (Å²) in [5.41, 5.74) is 3.07. The Morgan fingerprint density at radius 3 is 2.91 bits per heavy atom. The first-order valence-electron chi connectivity index (χ1n) is 4.46. The lowest BCUT2D eigenvalue weighted by molar-refractivity contribution is 0.295. The molecule has 11 heavy (non-hydrogen) atoms. The summed E-state index contributed by atoms with van der Waals surface area (Å²) in [6.45, 7) is 0.979. The predicted octanol–water partition coefficient (Wildman–Crippen LogP) is 1.03. The maximum absolute atomic E-state index is 8.61. The van der Waals surface area contributed by atoms with Gasteiger partial charge in [0.2, 0.25) is 0 Å². The van der Waals surface area contributed by atoms with Crippen LogP contribution >= 0.6 is 0 Å². The maximum atomic E-state index is 8.61. The fraction of sp³-hybridized carbons (Fsp3) is 0.778. The smallest absolute Gasteiger partial charge is 0.0603 e. The van der Waals surface area contributed by atoms with E-state index in [0.29, 0.717) is 0 Å². The number of hydrogen-bond acceptors (Lipinski definition) is 2. The second-order valence-corrected chi connectivity index (χ2v) is 3.55. The van der Waals surface area contributed by atoms with E-state index in [9.17, 15) is 0 Å². The Balaban J connectivity index is 1.93. The number of allylic oxidation sites excluding steroid dienone is 2. The normalized spacial score (nSPS) is 28.3. The molecule has 1 atom stereocenters. The van der Waals surface area contributed by atoms with Gasteiger partial charge in [-0.1, -0.05) is 5.57 Å². The van der Waals surface area contributed by atoms with Crippen molar-refractivity contribution in [2.24, 2.45) is 5.92 Å². The summed E-state index contributed by atoms with van der Waals surface area (Å²) in [6.07, 6.45) is 5.28. The molecule has 2 rings (SSSR count). The molecule has 0 amide bonds. The summed E-state index contributed by atoms with van der Waals surface area (Å²) in [5, 5.41) is 11.9. The highest BCUT2D eigenvalue weighted by Gasteiger charge is 2.29. The number of hydrogen-bond donors (Lipinski definition) is 2. The van der Waals surface area contributed by atoms with Crippen LogP contribution < -0.4 is 5.32 Å². The molecule has 2 N–H and O–H groups in total. The molecular weight excluding hydrogens is 138 g/mol. The van der Waals surface area contributed by atoms with Gasteiger partial charge in [0.25, 0.3) is 0 Å². The molecule has 2 nitrogen and oxygen atoms in total. The summed E-state index contributed by atoms with van der Waals surface area (Å²) in [5.74, 6) is 0.936. The van der Waals surface area contributed by atoms with Gasteiger partial charge >= 0.3 is 0 Å². The third-order valence-corrected chi connectivity index (χ3v) is 2.76. The second-order valence-electron chi connectivity index (χ2n) is 3.55. The lowest BCUT2D eigenvalue weighted by Crippen LogP contribution is -2.19. The minimum Gasteiger partial charge on any atom is -0.395 e. The van der Waals surface area contributed by atoms with Crippen molar-refractivity contribution in [3.63, 3.8) is 0 Å². The topological polar surface area (TPSA) is 32.3 Å². The van der Waals surface area contributed by atoms with Crippen LogP contribution in [0.2, 0.25) is 0 Å². The average molecular weight is 153 g/mol. The Morgan fingerprint density at radius 2 is 2.36 bits per heavy atom. The number of aliphatic hydroxyl groups is 1. The molecule has 2 bridgehead atoms. The van der Waals surface area contributed by atoms with E-state index in [4.69, 9.17) is 5.11 Å². The van der Waals surface area contributed by atoms with Crippen molar-refractivity contribution in [3.05, 3.63) is 11.3 Å². The van der Waals surface area contributed by atoms with E-state index in [2.05, 4.69) is 5.32 Å². The quantitative estimate of drug-likeness (QED) is 0.634. The third-order valence-electron chi connectivity index (χ3n) is 2.76. The Hall–Kier alpha value is -0.500. The Kier molecular flexibility index (Phi) is 1.86. The molecule has 0 radical (unpaired) electrons. The molecular formula is C9H15NO. The van der Waals surface area contributed by atoms with Crippen molar-refractivity contribution in [1.29, 1.82) is 0 Å². The van der Waals surface area contributed by atoms with Gasteiger partial charge in [0.1, 0.15) is 0 Å². The summed E-state index contributed by atoms with van der Waals surface area (Å²) in [6, 6.07) is 0. The molecule has 2 aliphatic carbocycles. The van der Waals surface area contributed by atoms with Gasteiger partial charge in [0, 0.05) is 12.2 Å². The van der Waals surface area contributed by atoms with Crippen LogP contribution in [0.3, 0.4) is 0 Å². The van der Waals surface area contributed by atoms with Crippen LogP contribution in [-0.2, 0) is 0 Å². The Labute approximate surface area is 67.3 Å². The van der Waals surface area contributed by atoms with E-state index >= 15 is 0 Å². The summed E-state index contributed by atoms with van der Waals surface area (Å²) in [7, 11) is 0. The maximum Gasteiger partial charge on any atom is 0.0603 e. The predicted molar refractivity (Wildman–Crippen MR) is 44.1 cm³/mol. The van der Waals surface area contributed by atoms with Crippen LogP contribution in [0.4, 0.5) is 0 Å². The summed E-state index contributed by atoms with van der Waals surface area (Å²) < 4.78 is 0. The van der Waals surface area contributed by atoms with Crippen LogP contribution in [0.15, 0.2) is 11.3 Å². The van der Waals surface area contributed by atoms with Crippen LogP contribution in [-0.4, -0.2) is 18.3 Å². The summed E-state index contributed by atoms with van der Waals surface area (Å²) >= 11 is 0. The molecule has 0 heterocycles. The van der Waals surface area contributed by atoms with E-state index in [1.807, 2.05) is 0 Å². The van der Waals surface area contributed by atoms with Crippen molar-refractivity contribution in [2.75, 3.05) is 13.2 Å². The molecule has 0 aliphatic heterocycles. The van der Waals surface area contributed by atoms with E-state index in [1.165, 1.54) is 31.4 Å². The standard InChI is InChI=1S/C9H15NO/c11-4-3-10-9-6-7-1-2-8(9)5-7/h7,10-11H,1-6H2. The third kappa shape index (κ3) is 1.27. The van der Waals surface area contributed by atoms with Gasteiger partial charge in [-0.25, -0.2) is 0 Å². The van der Waals surface area contributed by atoms with Gasteiger partial charge < -0.3 is 10.4 Å². The Morgan fingerprint density at radius 1 is 1.45 bits per heavy atom.